The molecule has 0 saturated heterocycles. The molecule has 0 aliphatic rings. The predicted octanol–water partition coefficient (Wildman–Crippen LogP) is 3.83. The molecule has 138 valence electrons. The van der Waals surface area contributed by atoms with Crippen molar-refractivity contribution in [1.82, 2.24) is 24.9 Å². The number of nitrogens with one attached hydrogen (secondary N) is 1. The molecule has 0 aliphatic carbocycles. The first kappa shape index (κ1) is 18.7. The van der Waals surface area contributed by atoms with Crippen LogP contribution in [0.4, 0.5) is 0 Å². The van der Waals surface area contributed by atoms with Gasteiger partial charge in [-0.2, -0.15) is 10.2 Å². The van der Waals surface area contributed by atoms with E-state index in [0.717, 1.165) is 47.3 Å². The van der Waals surface area contributed by atoms with E-state index in [0.29, 0.717) is 0 Å². The summed E-state index contributed by atoms with van der Waals surface area (Å²) in [5.41, 5.74) is 8.19. The van der Waals surface area contributed by atoms with E-state index in [1.54, 1.807) is 0 Å². The Morgan fingerprint density at radius 3 is 2.19 bits per heavy atom. The zero-order chi connectivity index (χ0) is 18.8. The first-order valence-electron chi connectivity index (χ1n) is 8.89. The van der Waals surface area contributed by atoms with Crippen LogP contribution in [0.15, 0.2) is 24.3 Å². The SMILES string of the molecule is Cc1nn(C)c(C)c1CCNCc1c(C)nn(-c2ccc(Cl)cc2)c1C. The third-order valence-electron chi connectivity index (χ3n) is 5.02. The Bertz CT molecular complexity index is 905. The highest BCUT2D eigenvalue weighted by Crippen LogP contribution is 2.19. The fourth-order valence-electron chi connectivity index (χ4n) is 3.37. The van der Waals surface area contributed by atoms with Crippen molar-refractivity contribution >= 4 is 11.6 Å². The molecule has 0 bridgehead atoms. The third-order valence-corrected chi connectivity index (χ3v) is 5.28. The average Bonchev–Trinajstić information content (AvgIpc) is 3.02. The topological polar surface area (TPSA) is 47.7 Å². The number of aromatic nitrogens is 4. The van der Waals surface area contributed by atoms with Crippen LogP contribution in [-0.2, 0) is 20.0 Å². The Hall–Kier alpha value is -2.11. The molecule has 0 aliphatic heterocycles. The number of benzene rings is 1. The Morgan fingerprint density at radius 2 is 1.58 bits per heavy atom. The maximum Gasteiger partial charge on any atom is 0.0649 e. The Balaban J connectivity index is 1.66. The van der Waals surface area contributed by atoms with E-state index in [1.807, 2.05) is 40.7 Å². The van der Waals surface area contributed by atoms with Gasteiger partial charge in [0.2, 0.25) is 0 Å². The van der Waals surface area contributed by atoms with Crippen LogP contribution in [-0.4, -0.2) is 26.1 Å². The molecule has 6 heteroatoms. The van der Waals surface area contributed by atoms with E-state index in [4.69, 9.17) is 16.7 Å². The molecule has 3 rings (SSSR count). The Labute approximate surface area is 160 Å². The van der Waals surface area contributed by atoms with Gasteiger partial charge >= 0.3 is 0 Å². The summed E-state index contributed by atoms with van der Waals surface area (Å²) in [4.78, 5) is 0. The number of hydrogen-bond acceptors (Lipinski definition) is 3. The van der Waals surface area contributed by atoms with Crippen molar-refractivity contribution in [2.24, 2.45) is 7.05 Å². The normalized spacial score (nSPS) is 11.3. The number of nitrogens with zero attached hydrogens (tertiary/aromatic N) is 4. The summed E-state index contributed by atoms with van der Waals surface area (Å²) < 4.78 is 3.94. The molecule has 0 radical (unpaired) electrons. The molecular formula is C20H26ClN5. The van der Waals surface area contributed by atoms with E-state index in [2.05, 4.69) is 38.1 Å². The molecule has 1 aromatic carbocycles. The second-order valence-corrected chi connectivity index (χ2v) is 7.17. The number of halogens is 1. The van der Waals surface area contributed by atoms with E-state index < -0.39 is 0 Å². The summed E-state index contributed by atoms with van der Waals surface area (Å²) in [5.74, 6) is 0. The zero-order valence-corrected chi connectivity index (χ0v) is 16.9. The predicted molar refractivity (Wildman–Crippen MR) is 106 cm³/mol. The van der Waals surface area contributed by atoms with Gasteiger partial charge in [0.25, 0.3) is 0 Å². The fraction of sp³-hybridized carbons (Fsp3) is 0.400. The van der Waals surface area contributed by atoms with Crippen molar-refractivity contribution in [2.45, 2.75) is 40.7 Å². The molecule has 0 spiro atoms. The summed E-state index contributed by atoms with van der Waals surface area (Å²) in [5, 5.41) is 13.5. The van der Waals surface area contributed by atoms with Crippen molar-refractivity contribution in [3.63, 3.8) is 0 Å². The molecule has 0 amide bonds. The number of rotatable bonds is 6. The summed E-state index contributed by atoms with van der Waals surface area (Å²) in [6.45, 7) is 10.1. The molecule has 2 heterocycles. The largest absolute Gasteiger partial charge is 0.312 e. The second-order valence-electron chi connectivity index (χ2n) is 6.74. The van der Waals surface area contributed by atoms with E-state index in [9.17, 15) is 0 Å². The van der Waals surface area contributed by atoms with Crippen LogP contribution in [0, 0.1) is 27.7 Å². The highest BCUT2D eigenvalue weighted by atomic mass is 35.5. The van der Waals surface area contributed by atoms with Gasteiger partial charge in [0.1, 0.15) is 0 Å². The van der Waals surface area contributed by atoms with Gasteiger partial charge in [-0.15, -0.1) is 0 Å². The third kappa shape index (κ3) is 3.69. The molecular weight excluding hydrogens is 346 g/mol. The van der Waals surface area contributed by atoms with Gasteiger partial charge in [-0.3, -0.25) is 4.68 Å². The van der Waals surface area contributed by atoms with Gasteiger partial charge in [0.05, 0.1) is 17.1 Å². The minimum absolute atomic E-state index is 0.734. The van der Waals surface area contributed by atoms with Crippen LogP contribution in [0.5, 0.6) is 0 Å². The zero-order valence-electron chi connectivity index (χ0n) is 16.1. The summed E-state index contributed by atoms with van der Waals surface area (Å²) in [7, 11) is 2.00. The van der Waals surface area contributed by atoms with Crippen LogP contribution in [0.25, 0.3) is 5.69 Å². The molecule has 5 nitrogen and oxygen atoms in total. The van der Waals surface area contributed by atoms with Gasteiger partial charge in [0, 0.05) is 35.6 Å². The Kier molecular flexibility index (Phi) is 5.49. The maximum atomic E-state index is 5.99. The first-order chi connectivity index (χ1) is 12.4. The monoisotopic (exact) mass is 371 g/mol. The molecule has 0 fully saturated rings. The number of aryl methyl sites for hydroxylation is 3. The lowest BCUT2D eigenvalue weighted by atomic mass is 10.1. The second kappa shape index (κ2) is 7.64. The molecule has 2 aromatic heterocycles. The molecule has 3 aromatic rings. The quantitative estimate of drug-likeness (QED) is 0.670. The molecule has 1 N–H and O–H groups in total. The van der Waals surface area contributed by atoms with E-state index >= 15 is 0 Å². The lowest BCUT2D eigenvalue weighted by molar-refractivity contribution is 0.677. The van der Waals surface area contributed by atoms with Crippen LogP contribution in [0.3, 0.4) is 0 Å². The highest BCUT2D eigenvalue weighted by molar-refractivity contribution is 6.30. The smallest absolute Gasteiger partial charge is 0.0649 e. The van der Waals surface area contributed by atoms with Crippen molar-refractivity contribution in [3.05, 3.63) is 63.2 Å². The van der Waals surface area contributed by atoms with Crippen molar-refractivity contribution in [3.8, 4) is 5.69 Å². The van der Waals surface area contributed by atoms with Crippen LogP contribution in [0.2, 0.25) is 5.02 Å². The maximum absolute atomic E-state index is 5.99. The van der Waals surface area contributed by atoms with Gasteiger partial charge < -0.3 is 5.32 Å². The van der Waals surface area contributed by atoms with Crippen LogP contribution in [0.1, 0.15) is 33.9 Å². The Morgan fingerprint density at radius 1 is 0.923 bits per heavy atom. The molecule has 0 atom stereocenters. The molecule has 26 heavy (non-hydrogen) atoms. The van der Waals surface area contributed by atoms with Crippen LogP contribution >= 0.6 is 11.6 Å². The summed E-state index contributed by atoms with van der Waals surface area (Å²) in [6, 6.07) is 7.77. The van der Waals surface area contributed by atoms with Crippen molar-refractivity contribution in [1.29, 1.82) is 0 Å². The average molecular weight is 372 g/mol. The first-order valence-corrected chi connectivity index (χ1v) is 9.27. The van der Waals surface area contributed by atoms with E-state index in [-0.39, 0.29) is 0 Å². The lowest BCUT2D eigenvalue weighted by Gasteiger charge is -2.08. The molecule has 0 saturated carbocycles. The minimum atomic E-state index is 0.734. The van der Waals surface area contributed by atoms with Gasteiger partial charge in [0.15, 0.2) is 0 Å². The molecule has 0 unspecified atom stereocenters. The van der Waals surface area contributed by atoms with Gasteiger partial charge in [-0.05, 0) is 70.5 Å². The standard InChI is InChI=1S/C20H26ClN5/c1-13-19(15(3)25(5)23-13)10-11-22-12-20-14(2)24-26(16(20)4)18-8-6-17(21)7-9-18/h6-9,22H,10-12H2,1-5H3. The summed E-state index contributed by atoms with van der Waals surface area (Å²) >= 11 is 5.99. The fourth-order valence-corrected chi connectivity index (χ4v) is 3.50. The number of hydrogen-bond donors (Lipinski definition) is 1. The van der Waals surface area contributed by atoms with Crippen molar-refractivity contribution in [2.75, 3.05) is 6.54 Å². The van der Waals surface area contributed by atoms with Gasteiger partial charge in [-0.1, -0.05) is 11.6 Å². The van der Waals surface area contributed by atoms with Crippen LogP contribution < -0.4 is 5.32 Å². The summed E-state index contributed by atoms with van der Waals surface area (Å²) in [6.07, 6.45) is 0.981. The highest BCUT2D eigenvalue weighted by Gasteiger charge is 2.13. The van der Waals surface area contributed by atoms with E-state index in [1.165, 1.54) is 16.8 Å². The van der Waals surface area contributed by atoms with Crippen molar-refractivity contribution < 1.29 is 0 Å². The lowest BCUT2D eigenvalue weighted by Crippen LogP contribution is -2.18. The minimum Gasteiger partial charge on any atom is -0.312 e. The van der Waals surface area contributed by atoms with Gasteiger partial charge in [-0.25, -0.2) is 4.68 Å².